The molecule has 1 aromatic rings. The van der Waals surface area contributed by atoms with Gasteiger partial charge in [-0.15, -0.1) is 0 Å². The van der Waals surface area contributed by atoms with Gasteiger partial charge in [-0.3, -0.25) is 0 Å². The van der Waals surface area contributed by atoms with Crippen LogP contribution >= 0.6 is 11.6 Å². The van der Waals surface area contributed by atoms with Gasteiger partial charge in [-0.05, 0) is 30.5 Å². The number of hydrogen-bond donors (Lipinski definition) is 1. The minimum absolute atomic E-state index is 0.0661. The fourth-order valence-electron chi connectivity index (χ4n) is 1.72. The molecule has 3 heteroatoms. The molecule has 1 N–H and O–H groups in total. The normalized spacial score (nSPS) is 17.9. The summed E-state index contributed by atoms with van der Waals surface area (Å²) < 4.78 is 5.07. The molecule has 2 rings (SSSR count). The second-order valence-corrected chi connectivity index (χ2v) is 4.19. The van der Waals surface area contributed by atoms with E-state index in [9.17, 15) is 5.11 Å². The predicted octanol–water partition coefficient (Wildman–Crippen LogP) is 2.37. The predicted molar refractivity (Wildman–Crippen MR) is 56.0 cm³/mol. The summed E-state index contributed by atoms with van der Waals surface area (Å²) in [6, 6.07) is 5.63. The van der Waals surface area contributed by atoms with Gasteiger partial charge in [-0.25, -0.2) is 0 Å². The zero-order valence-electron chi connectivity index (χ0n) is 8.09. The Morgan fingerprint density at radius 1 is 1.50 bits per heavy atom. The van der Waals surface area contributed by atoms with Crippen LogP contribution in [-0.2, 0) is 5.41 Å². The lowest BCUT2D eigenvalue weighted by atomic mass is 9.97. The van der Waals surface area contributed by atoms with Gasteiger partial charge in [-0.2, -0.15) is 0 Å². The van der Waals surface area contributed by atoms with Crippen LogP contribution < -0.4 is 4.74 Å². The number of aliphatic hydroxyl groups is 1. The molecule has 0 radical (unpaired) electrons. The van der Waals surface area contributed by atoms with Gasteiger partial charge in [0.2, 0.25) is 0 Å². The minimum atomic E-state index is -0.0661. The summed E-state index contributed by atoms with van der Waals surface area (Å²) in [5.41, 5.74) is 0.978. The number of methoxy groups -OCH3 is 1. The molecule has 0 heterocycles. The molecule has 0 bridgehead atoms. The third-order valence-corrected chi connectivity index (χ3v) is 3.22. The van der Waals surface area contributed by atoms with Crippen LogP contribution in [0.25, 0.3) is 0 Å². The van der Waals surface area contributed by atoms with Gasteiger partial charge in [0.25, 0.3) is 0 Å². The summed E-state index contributed by atoms with van der Waals surface area (Å²) >= 11 is 6.12. The second kappa shape index (κ2) is 3.44. The first-order chi connectivity index (χ1) is 6.72. The average Bonchev–Trinajstić information content (AvgIpc) is 2.98. The molecule has 0 atom stereocenters. The number of ether oxygens (including phenoxy) is 1. The topological polar surface area (TPSA) is 29.5 Å². The summed E-state index contributed by atoms with van der Waals surface area (Å²) in [4.78, 5) is 0. The summed E-state index contributed by atoms with van der Waals surface area (Å²) in [5, 5.41) is 9.96. The summed E-state index contributed by atoms with van der Waals surface area (Å²) in [6.45, 7) is 0.180. The molecule has 0 saturated heterocycles. The van der Waals surface area contributed by atoms with Crippen molar-refractivity contribution in [2.24, 2.45) is 0 Å². The average molecular weight is 213 g/mol. The van der Waals surface area contributed by atoms with E-state index in [0.717, 1.165) is 24.2 Å². The van der Waals surface area contributed by atoms with Crippen molar-refractivity contribution in [3.63, 3.8) is 0 Å². The van der Waals surface area contributed by atoms with Gasteiger partial charge >= 0.3 is 0 Å². The summed E-state index contributed by atoms with van der Waals surface area (Å²) in [5.74, 6) is 0.757. The van der Waals surface area contributed by atoms with E-state index in [-0.39, 0.29) is 12.0 Å². The quantitative estimate of drug-likeness (QED) is 0.834. The fraction of sp³-hybridized carbons (Fsp3) is 0.455. The van der Waals surface area contributed by atoms with E-state index < -0.39 is 0 Å². The molecule has 0 amide bonds. The Balaban J connectivity index is 2.36. The van der Waals surface area contributed by atoms with Crippen molar-refractivity contribution >= 4 is 11.6 Å². The summed E-state index contributed by atoms with van der Waals surface area (Å²) in [7, 11) is 1.62. The standard InChI is InChI=1S/C11H13ClO2/c1-14-8-2-3-9(10(12)6-8)11(7-13)4-5-11/h2-3,6,13H,4-5,7H2,1H3. The lowest BCUT2D eigenvalue weighted by Crippen LogP contribution is -2.12. The molecule has 0 aliphatic heterocycles. The largest absolute Gasteiger partial charge is 0.497 e. The van der Waals surface area contributed by atoms with Crippen molar-refractivity contribution in [1.82, 2.24) is 0 Å². The molecule has 76 valence electrons. The number of halogens is 1. The van der Waals surface area contributed by atoms with E-state index in [4.69, 9.17) is 16.3 Å². The molecule has 1 aromatic carbocycles. The first-order valence-corrected chi connectivity index (χ1v) is 5.04. The number of hydrogen-bond acceptors (Lipinski definition) is 2. The van der Waals surface area contributed by atoms with E-state index in [1.165, 1.54) is 0 Å². The Hall–Kier alpha value is -0.730. The van der Waals surface area contributed by atoms with Crippen molar-refractivity contribution in [3.05, 3.63) is 28.8 Å². The van der Waals surface area contributed by atoms with E-state index in [1.54, 1.807) is 13.2 Å². The van der Waals surface area contributed by atoms with Crippen LogP contribution in [0.2, 0.25) is 5.02 Å². The smallest absolute Gasteiger partial charge is 0.120 e. The van der Waals surface area contributed by atoms with Crippen molar-refractivity contribution in [1.29, 1.82) is 0 Å². The molecule has 1 aliphatic carbocycles. The number of rotatable bonds is 3. The fourth-order valence-corrected chi connectivity index (χ4v) is 2.09. The highest BCUT2D eigenvalue weighted by Gasteiger charge is 2.44. The van der Waals surface area contributed by atoms with Crippen LogP contribution in [0.5, 0.6) is 5.75 Å². The van der Waals surface area contributed by atoms with Gasteiger partial charge in [0.15, 0.2) is 0 Å². The monoisotopic (exact) mass is 212 g/mol. The third-order valence-electron chi connectivity index (χ3n) is 2.90. The van der Waals surface area contributed by atoms with E-state index in [0.29, 0.717) is 5.02 Å². The van der Waals surface area contributed by atoms with Crippen molar-refractivity contribution in [2.75, 3.05) is 13.7 Å². The lowest BCUT2D eigenvalue weighted by Gasteiger charge is -2.14. The molecule has 1 fully saturated rings. The number of aliphatic hydroxyl groups excluding tert-OH is 1. The maximum absolute atomic E-state index is 9.27. The van der Waals surface area contributed by atoms with Crippen LogP contribution in [0, 0.1) is 0 Å². The molecule has 0 unspecified atom stereocenters. The summed E-state index contributed by atoms with van der Waals surface area (Å²) in [6.07, 6.45) is 2.05. The van der Waals surface area contributed by atoms with Gasteiger partial charge in [0.1, 0.15) is 5.75 Å². The third kappa shape index (κ3) is 1.49. The van der Waals surface area contributed by atoms with Gasteiger partial charge < -0.3 is 9.84 Å². The van der Waals surface area contributed by atoms with Crippen molar-refractivity contribution in [2.45, 2.75) is 18.3 Å². The maximum Gasteiger partial charge on any atom is 0.120 e. The highest BCUT2D eigenvalue weighted by atomic mass is 35.5. The molecule has 0 spiro atoms. The van der Waals surface area contributed by atoms with Crippen LogP contribution in [0.4, 0.5) is 0 Å². The van der Waals surface area contributed by atoms with E-state index in [2.05, 4.69) is 0 Å². The Morgan fingerprint density at radius 2 is 2.21 bits per heavy atom. The molecule has 0 aromatic heterocycles. The van der Waals surface area contributed by atoms with Gasteiger partial charge in [-0.1, -0.05) is 17.7 Å². The Bertz CT molecular complexity index is 345. The first kappa shape index (κ1) is 9.81. The Kier molecular flexibility index (Phi) is 2.41. The minimum Gasteiger partial charge on any atom is -0.497 e. The van der Waals surface area contributed by atoms with Gasteiger partial charge in [0, 0.05) is 10.4 Å². The number of benzene rings is 1. The van der Waals surface area contributed by atoms with E-state index >= 15 is 0 Å². The Labute approximate surface area is 88.5 Å². The zero-order valence-corrected chi connectivity index (χ0v) is 8.84. The first-order valence-electron chi connectivity index (χ1n) is 4.67. The molecular formula is C11H13ClO2. The Morgan fingerprint density at radius 3 is 2.64 bits per heavy atom. The van der Waals surface area contributed by atoms with Crippen molar-refractivity contribution < 1.29 is 9.84 Å². The van der Waals surface area contributed by atoms with E-state index in [1.807, 2.05) is 12.1 Å². The maximum atomic E-state index is 9.27. The van der Waals surface area contributed by atoms with Crippen molar-refractivity contribution in [3.8, 4) is 5.75 Å². The lowest BCUT2D eigenvalue weighted by molar-refractivity contribution is 0.255. The zero-order chi connectivity index (χ0) is 10.2. The van der Waals surface area contributed by atoms with Crippen LogP contribution in [0.3, 0.4) is 0 Å². The van der Waals surface area contributed by atoms with Gasteiger partial charge in [0.05, 0.1) is 13.7 Å². The molecule has 1 saturated carbocycles. The SMILES string of the molecule is COc1ccc(C2(CO)CC2)c(Cl)c1. The highest BCUT2D eigenvalue weighted by Crippen LogP contribution is 2.50. The molecule has 1 aliphatic rings. The second-order valence-electron chi connectivity index (χ2n) is 3.78. The van der Waals surface area contributed by atoms with Crippen LogP contribution in [0.1, 0.15) is 18.4 Å². The molecule has 2 nitrogen and oxygen atoms in total. The molecular weight excluding hydrogens is 200 g/mol. The molecule has 14 heavy (non-hydrogen) atoms. The highest BCUT2D eigenvalue weighted by molar-refractivity contribution is 6.31. The van der Waals surface area contributed by atoms with Crippen LogP contribution in [0.15, 0.2) is 18.2 Å². The van der Waals surface area contributed by atoms with Crippen LogP contribution in [-0.4, -0.2) is 18.8 Å².